The fourth-order valence-corrected chi connectivity index (χ4v) is 2.91. The van der Waals surface area contributed by atoms with Crippen LogP contribution in [0.3, 0.4) is 0 Å². The lowest BCUT2D eigenvalue weighted by atomic mass is 10.2. The molecule has 0 aromatic heterocycles. The van der Waals surface area contributed by atoms with Crippen LogP contribution in [0.4, 0.5) is 11.4 Å². The molecule has 0 spiro atoms. The van der Waals surface area contributed by atoms with Crippen LogP contribution in [0, 0.1) is 0 Å². The van der Waals surface area contributed by atoms with E-state index in [1.807, 2.05) is 18.2 Å². The Morgan fingerprint density at radius 2 is 1.74 bits per heavy atom. The van der Waals surface area contributed by atoms with Crippen molar-refractivity contribution in [2.45, 2.75) is 0 Å². The van der Waals surface area contributed by atoms with E-state index >= 15 is 0 Å². The number of nitrogens with zero attached hydrogens (tertiary/aromatic N) is 1. The van der Waals surface area contributed by atoms with Gasteiger partial charge in [-0.2, -0.15) is 0 Å². The molecule has 0 saturated carbocycles. The number of anilines is 2. The van der Waals surface area contributed by atoms with Crippen LogP contribution >= 0.6 is 11.6 Å². The molecule has 2 aromatic carbocycles. The molecule has 1 aliphatic rings. The van der Waals surface area contributed by atoms with E-state index in [9.17, 15) is 4.79 Å². The van der Waals surface area contributed by atoms with Crippen molar-refractivity contribution in [2.75, 3.05) is 43.4 Å². The molecule has 1 aliphatic heterocycles. The standard InChI is InChI=1S/C18H20ClN3O/c1-21-10-12-22(13-11-21)17-5-3-2-4-16(17)20-18(23)14-6-8-15(19)9-7-14/h2-9H,10-13H2,1H3,(H,20,23)/p+1. The van der Waals surface area contributed by atoms with Gasteiger partial charge in [-0.15, -0.1) is 0 Å². The highest BCUT2D eigenvalue weighted by Gasteiger charge is 2.19. The van der Waals surface area contributed by atoms with E-state index in [-0.39, 0.29) is 5.91 Å². The molecule has 0 bridgehead atoms. The van der Waals surface area contributed by atoms with Gasteiger partial charge in [0.25, 0.3) is 5.91 Å². The lowest BCUT2D eigenvalue weighted by molar-refractivity contribution is -0.880. The lowest BCUT2D eigenvalue weighted by Crippen LogP contribution is -3.12. The number of hydrogen-bond acceptors (Lipinski definition) is 2. The molecule has 5 heteroatoms. The fourth-order valence-electron chi connectivity index (χ4n) is 2.78. The largest absolute Gasteiger partial charge is 0.359 e. The first-order valence-electron chi connectivity index (χ1n) is 7.85. The molecule has 4 nitrogen and oxygen atoms in total. The van der Waals surface area contributed by atoms with Gasteiger partial charge in [0.1, 0.15) is 0 Å². The number of piperazine rings is 1. The van der Waals surface area contributed by atoms with E-state index in [4.69, 9.17) is 11.6 Å². The van der Waals surface area contributed by atoms with Crippen molar-refractivity contribution in [3.05, 3.63) is 59.1 Å². The summed E-state index contributed by atoms with van der Waals surface area (Å²) in [7, 11) is 2.21. The average molecular weight is 331 g/mol. The Hall–Kier alpha value is -2.04. The maximum Gasteiger partial charge on any atom is 0.255 e. The van der Waals surface area contributed by atoms with E-state index in [1.165, 1.54) is 0 Å². The molecular formula is C18H21ClN3O+. The lowest BCUT2D eigenvalue weighted by Gasteiger charge is -2.33. The fraction of sp³-hybridized carbons (Fsp3) is 0.278. The number of halogens is 1. The van der Waals surface area contributed by atoms with Crippen molar-refractivity contribution in [1.29, 1.82) is 0 Å². The summed E-state index contributed by atoms with van der Waals surface area (Å²) < 4.78 is 0. The number of carbonyl (C=O) groups is 1. The van der Waals surface area contributed by atoms with Gasteiger partial charge in [0.05, 0.1) is 44.6 Å². The summed E-state index contributed by atoms with van der Waals surface area (Å²) >= 11 is 5.87. The molecule has 0 atom stereocenters. The Morgan fingerprint density at radius 3 is 2.43 bits per heavy atom. The molecule has 1 fully saturated rings. The molecule has 1 heterocycles. The Morgan fingerprint density at radius 1 is 1.09 bits per heavy atom. The second-order valence-corrected chi connectivity index (χ2v) is 6.36. The third-order valence-corrected chi connectivity index (χ3v) is 4.47. The predicted octanol–water partition coefficient (Wildman–Crippen LogP) is 1.93. The van der Waals surface area contributed by atoms with Gasteiger partial charge in [0, 0.05) is 10.6 Å². The summed E-state index contributed by atoms with van der Waals surface area (Å²) in [6.45, 7) is 4.22. The minimum atomic E-state index is -0.117. The molecule has 1 amide bonds. The zero-order valence-corrected chi connectivity index (χ0v) is 13.9. The second kappa shape index (κ2) is 7.02. The number of amides is 1. The topological polar surface area (TPSA) is 36.8 Å². The van der Waals surface area contributed by atoms with Crippen molar-refractivity contribution < 1.29 is 9.69 Å². The molecule has 0 unspecified atom stereocenters. The molecular weight excluding hydrogens is 310 g/mol. The highest BCUT2D eigenvalue weighted by atomic mass is 35.5. The molecule has 1 saturated heterocycles. The quantitative estimate of drug-likeness (QED) is 0.902. The van der Waals surface area contributed by atoms with Gasteiger partial charge in [-0.25, -0.2) is 0 Å². The Bertz CT molecular complexity index is 679. The van der Waals surface area contributed by atoms with Crippen LogP contribution in [0.1, 0.15) is 10.4 Å². The highest BCUT2D eigenvalue weighted by molar-refractivity contribution is 6.30. The van der Waals surface area contributed by atoms with E-state index in [0.717, 1.165) is 37.6 Å². The van der Waals surface area contributed by atoms with Crippen molar-refractivity contribution >= 4 is 28.9 Å². The van der Waals surface area contributed by atoms with Gasteiger partial charge in [0.2, 0.25) is 0 Å². The maximum absolute atomic E-state index is 12.4. The molecule has 2 aromatic rings. The molecule has 0 aliphatic carbocycles. The van der Waals surface area contributed by atoms with Crippen molar-refractivity contribution in [1.82, 2.24) is 0 Å². The van der Waals surface area contributed by atoms with Crippen LogP contribution in [-0.4, -0.2) is 39.1 Å². The molecule has 3 rings (SSSR count). The van der Waals surface area contributed by atoms with Crippen LogP contribution in [0.2, 0.25) is 5.02 Å². The van der Waals surface area contributed by atoms with Crippen LogP contribution in [0.15, 0.2) is 48.5 Å². The summed E-state index contributed by atoms with van der Waals surface area (Å²) in [6.07, 6.45) is 0. The van der Waals surface area contributed by atoms with Crippen LogP contribution in [0.25, 0.3) is 0 Å². The first kappa shape index (κ1) is 15.8. The first-order chi connectivity index (χ1) is 11.1. The summed E-state index contributed by atoms with van der Waals surface area (Å²) in [4.78, 5) is 16.3. The molecule has 120 valence electrons. The number of carbonyl (C=O) groups excluding carboxylic acids is 1. The summed E-state index contributed by atoms with van der Waals surface area (Å²) in [5.74, 6) is -0.117. The number of benzene rings is 2. The number of para-hydroxylation sites is 2. The maximum atomic E-state index is 12.4. The normalized spacial score (nSPS) is 15.5. The SMILES string of the molecule is C[NH+]1CCN(c2ccccc2NC(=O)c2ccc(Cl)cc2)CC1. The average Bonchev–Trinajstić information content (AvgIpc) is 2.57. The van der Waals surface area contributed by atoms with Crippen molar-refractivity contribution in [3.8, 4) is 0 Å². The highest BCUT2D eigenvalue weighted by Crippen LogP contribution is 2.26. The Kier molecular flexibility index (Phi) is 4.84. The zero-order chi connectivity index (χ0) is 16.2. The van der Waals surface area contributed by atoms with E-state index < -0.39 is 0 Å². The van der Waals surface area contributed by atoms with Gasteiger partial charge in [-0.3, -0.25) is 4.79 Å². The first-order valence-corrected chi connectivity index (χ1v) is 8.23. The summed E-state index contributed by atoms with van der Waals surface area (Å²) in [5.41, 5.74) is 2.54. The summed E-state index contributed by atoms with van der Waals surface area (Å²) in [6, 6.07) is 14.9. The van der Waals surface area contributed by atoms with Crippen LogP contribution in [0.5, 0.6) is 0 Å². The van der Waals surface area contributed by atoms with Crippen LogP contribution < -0.4 is 15.1 Å². The van der Waals surface area contributed by atoms with Crippen molar-refractivity contribution in [2.24, 2.45) is 0 Å². The minimum Gasteiger partial charge on any atom is -0.359 e. The van der Waals surface area contributed by atoms with Gasteiger partial charge in [-0.05, 0) is 36.4 Å². The van der Waals surface area contributed by atoms with Gasteiger partial charge in [0.15, 0.2) is 0 Å². The van der Waals surface area contributed by atoms with Gasteiger partial charge >= 0.3 is 0 Å². The number of rotatable bonds is 3. The second-order valence-electron chi connectivity index (χ2n) is 5.92. The third-order valence-electron chi connectivity index (χ3n) is 4.22. The molecule has 0 radical (unpaired) electrons. The summed E-state index contributed by atoms with van der Waals surface area (Å²) in [5, 5.41) is 3.65. The van der Waals surface area contributed by atoms with Gasteiger partial charge < -0.3 is 15.1 Å². The van der Waals surface area contributed by atoms with E-state index in [2.05, 4.69) is 23.3 Å². The van der Waals surface area contributed by atoms with E-state index in [1.54, 1.807) is 29.2 Å². The Labute approximate surface area is 141 Å². The number of nitrogens with one attached hydrogen (secondary N) is 2. The number of quaternary nitrogens is 1. The zero-order valence-electron chi connectivity index (χ0n) is 13.2. The van der Waals surface area contributed by atoms with Crippen molar-refractivity contribution in [3.63, 3.8) is 0 Å². The minimum absolute atomic E-state index is 0.117. The Balaban J connectivity index is 1.77. The smallest absolute Gasteiger partial charge is 0.255 e. The molecule has 2 N–H and O–H groups in total. The predicted molar refractivity (Wildman–Crippen MR) is 94.7 cm³/mol. The monoisotopic (exact) mass is 330 g/mol. The number of likely N-dealkylation sites (N-methyl/N-ethyl adjacent to an activating group) is 1. The van der Waals surface area contributed by atoms with Gasteiger partial charge in [-0.1, -0.05) is 23.7 Å². The van der Waals surface area contributed by atoms with Crippen LogP contribution in [-0.2, 0) is 0 Å². The van der Waals surface area contributed by atoms with E-state index in [0.29, 0.717) is 10.6 Å². The number of hydrogen-bond donors (Lipinski definition) is 2. The molecule has 23 heavy (non-hydrogen) atoms. The third kappa shape index (κ3) is 3.84.